The van der Waals surface area contributed by atoms with E-state index in [-0.39, 0.29) is 0 Å². The van der Waals surface area contributed by atoms with Crippen molar-refractivity contribution in [3.8, 4) is 0 Å². The highest BCUT2D eigenvalue weighted by molar-refractivity contribution is 9.10. The zero-order valence-corrected chi connectivity index (χ0v) is 12.4. The quantitative estimate of drug-likeness (QED) is 0.915. The Balaban J connectivity index is 1.92. The van der Waals surface area contributed by atoms with Gasteiger partial charge in [-0.3, -0.25) is 4.98 Å². The maximum absolute atomic E-state index is 5.97. The number of nitrogens with one attached hydrogen (secondary N) is 1. The minimum absolute atomic E-state index is 0.756. The van der Waals surface area contributed by atoms with Crippen molar-refractivity contribution in [3.63, 3.8) is 0 Å². The molecule has 0 amide bonds. The molecule has 4 heteroatoms. The standard InChI is InChI=1S/C14H14BrClN2/c1-10-2-3-11(8-18-10)7-17-9-12-6-13(16)4-5-14(12)15/h2-6,8,17H,7,9H2,1H3. The summed E-state index contributed by atoms with van der Waals surface area (Å²) in [6.07, 6.45) is 1.90. The van der Waals surface area contributed by atoms with E-state index >= 15 is 0 Å². The number of nitrogens with zero attached hydrogens (tertiary/aromatic N) is 1. The summed E-state index contributed by atoms with van der Waals surface area (Å²) in [6.45, 7) is 3.56. The van der Waals surface area contributed by atoms with Crippen molar-refractivity contribution >= 4 is 27.5 Å². The number of hydrogen-bond donors (Lipinski definition) is 1. The number of aryl methyl sites for hydroxylation is 1. The summed E-state index contributed by atoms with van der Waals surface area (Å²) >= 11 is 9.49. The second-order valence-electron chi connectivity index (χ2n) is 4.15. The molecule has 0 aliphatic rings. The Kier molecular flexibility index (Phi) is 4.75. The second-order valence-corrected chi connectivity index (χ2v) is 5.44. The highest BCUT2D eigenvalue weighted by atomic mass is 79.9. The van der Waals surface area contributed by atoms with Gasteiger partial charge in [0.05, 0.1) is 0 Å². The van der Waals surface area contributed by atoms with E-state index in [4.69, 9.17) is 11.6 Å². The van der Waals surface area contributed by atoms with Crippen molar-refractivity contribution in [1.82, 2.24) is 10.3 Å². The van der Waals surface area contributed by atoms with Crippen LogP contribution in [0.15, 0.2) is 41.0 Å². The molecule has 1 aromatic carbocycles. The van der Waals surface area contributed by atoms with Crippen molar-refractivity contribution in [2.75, 3.05) is 0 Å². The normalized spacial score (nSPS) is 10.6. The van der Waals surface area contributed by atoms with Crippen molar-refractivity contribution < 1.29 is 0 Å². The molecule has 2 aromatic rings. The Morgan fingerprint density at radius 1 is 1.22 bits per heavy atom. The van der Waals surface area contributed by atoms with E-state index in [1.807, 2.05) is 37.4 Å². The van der Waals surface area contributed by atoms with E-state index in [9.17, 15) is 0 Å². The number of pyridine rings is 1. The average Bonchev–Trinajstić information content (AvgIpc) is 2.36. The lowest BCUT2D eigenvalue weighted by molar-refractivity contribution is 0.689. The third kappa shape index (κ3) is 3.80. The van der Waals surface area contributed by atoms with Crippen molar-refractivity contribution in [1.29, 1.82) is 0 Å². The monoisotopic (exact) mass is 324 g/mol. The molecule has 0 saturated carbocycles. The highest BCUT2D eigenvalue weighted by Gasteiger charge is 2.01. The van der Waals surface area contributed by atoms with Crippen LogP contribution in [-0.2, 0) is 13.1 Å². The first kappa shape index (κ1) is 13.5. The predicted molar refractivity (Wildman–Crippen MR) is 78.7 cm³/mol. The Labute approximate surface area is 121 Å². The summed E-state index contributed by atoms with van der Waals surface area (Å²) in [4.78, 5) is 4.27. The van der Waals surface area contributed by atoms with Gasteiger partial charge < -0.3 is 5.32 Å². The SMILES string of the molecule is Cc1ccc(CNCc2cc(Cl)ccc2Br)cn1. The Morgan fingerprint density at radius 2 is 2.06 bits per heavy atom. The van der Waals surface area contributed by atoms with Crippen molar-refractivity contribution in [3.05, 3.63) is 62.8 Å². The van der Waals surface area contributed by atoms with Crippen LogP contribution in [0.2, 0.25) is 5.02 Å². The van der Waals surface area contributed by atoms with Crippen LogP contribution < -0.4 is 5.32 Å². The highest BCUT2D eigenvalue weighted by Crippen LogP contribution is 2.20. The van der Waals surface area contributed by atoms with Gasteiger partial charge in [-0.25, -0.2) is 0 Å². The molecule has 0 fully saturated rings. The lowest BCUT2D eigenvalue weighted by atomic mass is 10.2. The molecule has 0 radical (unpaired) electrons. The number of hydrogen-bond acceptors (Lipinski definition) is 2. The number of aromatic nitrogens is 1. The molecule has 18 heavy (non-hydrogen) atoms. The summed E-state index contributed by atoms with van der Waals surface area (Å²) in [5, 5.41) is 4.13. The first-order valence-electron chi connectivity index (χ1n) is 5.71. The molecule has 1 aromatic heterocycles. The Bertz CT molecular complexity index is 526. The zero-order valence-electron chi connectivity index (χ0n) is 10.1. The van der Waals surface area contributed by atoms with Crippen LogP contribution in [0.5, 0.6) is 0 Å². The molecule has 0 atom stereocenters. The maximum atomic E-state index is 5.97. The number of halogens is 2. The average molecular weight is 326 g/mol. The van der Waals surface area contributed by atoms with Gasteiger partial charge in [-0.05, 0) is 42.3 Å². The molecule has 0 unspecified atom stereocenters. The lowest BCUT2D eigenvalue weighted by Crippen LogP contribution is -2.13. The van der Waals surface area contributed by atoms with Crippen molar-refractivity contribution in [2.24, 2.45) is 0 Å². The second kappa shape index (κ2) is 6.32. The largest absolute Gasteiger partial charge is 0.309 e. The van der Waals surface area contributed by atoms with Gasteiger partial charge in [0.2, 0.25) is 0 Å². The van der Waals surface area contributed by atoms with E-state index in [0.717, 1.165) is 33.8 Å². The molecule has 1 N–H and O–H groups in total. The van der Waals surface area contributed by atoms with Crippen LogP contribution in [-0.4, -0.2) is 4.98 Å². The molecule has 2 rings (SSSR count). The summed E-state index contributed by atoms with van der Waals surface area (Å²) < 4.78 is 1.07. The molecule has 0 spiro atoms. The zero-order chi connectivity index (χ0) is 13.0. The molecule has 94 valence electrons. The summed E-state index contributed by atoms with van der Waals surface area (Å²) in [7, 11) is 0. The van der Waals surface area contributed by atoms with Gasteiger partial charge in [-0.1, -0.05) is 33.6 Å². The molecule has 0 saturated heterocycles. The van der Waals surface area contributed by atoms with Crippen molar-refractivity contribution in [2.45, 2.75) is 20.0 Å². The summed E-state index contributed by atoms with van der Waals surface area (Å²) in [5.41, 5.74) is 3.37. The summed E-state index contributed by atoms with van der Waals surface area (Å²) in [5.74, 6) is 0. The van der Waals surface area contributed by atoms with Crippen LogP contribution >= 0.6 is 27.5 Å². The van der Waals surface area contributed by atoms with Gasteiger partial charge in [0.1, 0.15) is 0 Å². The van der Waals surface area contributed by atoms with Gasteiger partial charge in [0.25, 0.3) is 0 Å². The van der Waals surface area contributed by atoms with E-state index in [2.05, 4.69) is 32.3 Å². The van der Waals surface area contributed by atoms with Crippen LogP contribution in [0, 0.1) is 6.92 Å². The number of benzene rings is 1. The topological polar surface area (TPSA) is 24.9 Å². The van der Waals surface area contributed by atoms with E-state index in [1.54, 1.807) is 0 Å². The van der Waals surface area contributed by atoms with Gasteiger partial charge in [0.15, 0.2) is 0 Å². The van der Waals surface area contributed by atoms with E-state index in [0.29, 0.717) is 0 Å². The van der Waals surface area contributed by atoms with Crippen LogP contribution in [0.1, 0.15) is 16.8 Å². The first-order valence-corrected chi connectivity index (χ1v) is 6.88. The molecule has 0 bridgehead atoms. The molecule has 0 aliphatic carbocycles. The van der Waals surface area contributed by atoms with Crippen LogP contribution in [0.4, 0.5) is 0 Å². The third-order valence-electron chi connectivity index (χ3n) is 2.62. The first-order chi connectivity index (χ1) is 8.65. The lowest BCUT2D eigenvalue weighted by Gasteiger charge is -2.07. The molecular weight excluding hydrogens is 312 g/mol. The molecule has 1 heterocycles. The molecule has 0 aliphatic heterocycles. The Morgan fingerprint density at radius 3 is 2.78 bits per heavy atom. The maximum Gasteiger partial charge on any atom is 0.0410 e. The predicted octanol–water partition coefficient (Wildman–Crippen LogP) is 4.10. The minimum atomic E-state index is 0.756. The van der Waals surface area contributed by atoms with Crippen LogP contribution in [0.3, 0.4) is 0 Å². The molecular formula is C14H14BrClN2. The van der Waals surface area contributed by atoms with Crippen LogP contribution in [0.25, 0.3) is 0 Å². The fourth-order valence-corrected chi connectivity index (χ4v) is 2.20. The fraction of sp³-hybridized carbons (Fsp3) is 0.214. The van der Waals surface area contributed by atoms with Gasteiger partial charge in [-0.2, -0.15) is 0 Å². The van der Waals surface area contributed by atoms with Gasteiger partial charge in [0, 0.05) is 34.5 Å². The smallest absolute Gasteiger partial charge is 0.0410 e. The van der Waals surface area contributed by atoms with E-state index < -0.39 is 0 Å². The summed E-state index contributed by atoms with van der Waals surface area (Å²) in [6, 6.07) is 9.91. The number of rotatable bonds is 4. The minimum Gasteiger partial charge on any atom is -0.309 e. The Hall–Kier alpha value is -0.900. The molecule has 2 nitrogen and oxygen atoms in total. The van der Waals surface area contributed by atoms with E-state index in [1.165, 1.54) is 5.56 Å². The van der Waals surface area contributed by atoms with Gasteiger partial charge >= 0.3 is 0 Å². The fourth-order valence-electron chi connectivity index (χ4n) is 1.62. The van der Waals surface area contributed by atoms with Gasteiger partial charge in [-0.15, -0.1) is 0 Å². The third-order valence-corrected chi connectivity index (χ3v) is 3.63.